The molecule has 0 spiro atoms. The Hall–Kier alpha value is 0. The van der Waals surface area contributed by atoms with Crippen LogP contribution in [0.4, 0.5) is 0 Å². The van der Waals surface area contributed by atoms with Gasteiger partial charge in [-0.2, -0.15) is 0 Å². The van der Waals surface area contributed by atoms with Crippen LogP contribution in [-0.4, -0.2) is 0 Å². The fourth-order valence-corrected chi connectivity index (χ4v) is 0.814. The van der Waals surface area contributed by atoms with Crippen molar-refractivity contribution in [3.8, 4) is 0 Å². The minimum absolute atomic E-state index is 0.534. The molecule has 0 amide bonds. The lowest BCUT2D eigenvalue weighted by molar-refractivity contribution is 0.299. The summed E-state index contributed by atoms with van der Waals surface area (Å²) in [6.45, 7) is 13.1. The summed E-state index contributed by atoms with van der Waals surface area (Å²) >= 11 is 0. The molecule has 0 heteroatoms. The molecule has 1 unspecified atom stereocenters. The van der Waals surface area contributed by atoms with Crippen molar-refractivity contribution in [2.24, 2.45) is 11.3 Å². The molecule has 0 fully saturated rings. The summed E-state index contributed by atoms with van der Waals surface area (Å²) in [4.78, 5) is 0. The summed E-state index contributed by atoms with van der Waals surface area (Å²) in [6, 6.07) is 0. The van der Waals surface area contributed by atoms with Gasteiger partial charge < -0.3 is 0 Å². The smallest absolute Gasteiger partial charge is 0.0357 e. The number of hydrogen-bond donors (Lipinski definition) is 0. The lowest BCUT2D eigenvalue weighted by atomic mass is 9.83. The van der Waals surface area contributed by atoms with Gasteiger partial charge in [0.25, 0.3) is 0 Å². The van der Waals surface area contributed by atoms with Crippen molar-refractivity contribution < 1.29 is 0 Å². The first-order valence-electron chi connectivity index (χ1n) is 4.31. The predicted molar refractivity (Wildman–Crippen MR) is 47.8 cm³/mol. The van der Waals surface area contributed by atoms with Crippen molar-refractivity contribution in [1.29, 1.82) is 0 Å². The Labute approximate surface area is 66.0 Å². The summed E-state index contributed by atoms with van der Waals surface area (Å²) in [7, 11) is 0. The predicted octanol–water partition coefficient (Wildman–Crippen LogP) is 3.67. The van der Waals surface area contributed by atoms with Gasteiger partial charge in [0.2, 0.25) is 0 Å². The van der Waals surface area contributed by atoms with E-state index in [1.165, 1.54) is 19.3 Å². The Kier molecular flexibility index (Phi) is 4.00. The average Bonchev–Trinajstić information content (AvgIpc) is 1.85. The highest BCUT2D eigenvalue weighted by Gasteiger charge is 2.14. The monoisotopic (exact) mass is 141 g/mol. The second-order valence-electron chi connectivity index (χ2n) is 4.16. The van der Waals surface area contributed by atoms with Crippen LogP contribution in [0.1, 0.15) is 47.0 Å². The molecule has 0 heterocycles. The van der Waals surface area contributed by atoms with Crippen LogP contribution >= 0.6 is 0 Å². The lowest BCUT2D eigenvalue weighted by Crippen LogP contribution is -2.10. The second-order valence-corrected chi connectivity index (χ2v) is 4.16. The Balaban J connectivity index is 3.46. The summed E-state index contributed by atoms with van der Waals surface area (Å²) in [5, 5.41) is 0. The average molecular weight is 141 g/mol. The Morgan fingerprint density at radius 3 is 2.20 bits per heavy atom. The first kappa shape index (κ1) is 10.0. The van der Waals surface area contributed by atoms with Crippen LogP contribution in [0.15, 0.2) is 0 Å². The third kappa shape index (κ3) is 4.84. The molecule has 0 saturated heterocycles. The summed E-state index contributed by atoms with van der Waals surface area (Å²) in [5.74, 6) is 0.617. The molecular formula is C10H21. The standard InChI is InChI=1S/C10H21/c1-6-10(4,5)8-7-9(2)3/h9H,2,6-8H2,1,3-5H3. The van der Waals surface area contributed by atoms with Crippen LogP contribution in [-0.2, 0) is 0 Å². The maximum Gasteiger partial charge on any atom is -0.0357 e. The van der Waals surface area contributed by atoms with Gasteiger partial charge in [-0.1, -0.05) is 47.5 Å². The zero-order valence-corrected chi connectivity index (χ0v) is 7.91. The summed E-state index contributed by atoms with van der Waals surface area (Å²) in [6.07, 6.45) is 3.86. The number of rotatable bonds is 4. The normalized spacial score (nSPS) is 12.6. The molecule has 1 atom stereocenters. The van der Waals surface area contributed by atoms with Crippen molar-refractivity contribution >= 4 is 0 Å². The molecule has 0 saturated carbocycles. The summed E-state index contributed by atoms with van der Waals surface area (Å²) in [5.41, 5.74) is 0.534. The van der Waals surface area contributed by atoms with Crippen LogP contribution in [0, 0.1) is 18.3 Å². The van der Waals surface area contributed by atoms with Gasteiger partial charge in [-0.25, -0.2) is 0 Å². The van der Waals surface area contributed by atoms with Gasteiger partial charge >= 0.3 is 0 Å². The Morgan fingerprint density at radius 2 is 1.90 bits per heavy atom. The molecule has 0 aliphatic heterocycles. The van der Waals surface area contributed by atoms with Gasteiger partial charge in [0.15, 0.2) is 0 Å². The van der Waals surface area contributed by atoms with Crippen molar-refractivity contribution in [2.45, 2.75) is 47.0 Å². The highest BCUT2D eigenvalue weighted by molar-refractivity contribution is 4.68. The SMILES string of the molecule is [CH2]C(C)CCC(C)(C)CC. The topological polar surface area (TPSA) is 0 Å². The first-order chi connectivity index (χ1) is 4.48. The van der Waals surface area contributed by atoms with E-state index in [4.69, 9.17) is 0 Å². The third-order valence-corrected chi connectivity index (χ3v) is 2.27. The van der Waals surface area contributed by atoms with Crippen LogP contribution < -0.4 is 0 Å². The van der Waals surface area contributed by atoms with E-state index in [-0.39, 0.29) is 0 Å². The van der Waals surface area contributed by atoms with Crippen molar-refractivity contribution in [1.82, 2.24) is 0 Å². The van der Waals surface area contributed by atoms with Gasteiger partial charge in [0.05, 0.1) is 0 Å². The number of hydrogen-bond acceptors (Lipinski definition) is 0. The fourth-order valence-electron chi connectivity index (χ4n) is 0.814. The van der Waals surface area contributed by atoms with E-state index in [0.717, 1.165) is 0 Å². The molecule has 0 aromatic heterocycles. The van der Waals surface area contributed by atoms with Crippen LogP contribution in [0.2, 0.25) is 0 Å². The van der Waals surface area contributed by atoms with Gasteiger partial charge in [0, 0.05) is 0 Å². The molecule has 0 rings (SSSR count). The van der Waals surface area contributed by atoms with Gasteiger partial charge in [0.1, 0.15) is 0 Å². The van der Waals surface area contributed by atoms with E-state index in [0.29, 0.717) is 11.3 Å². The van der Waals surface area contributed by atoms with Gasteiger partial charge in [-0.05, 0) is 17.8 Å². The van der Waals surface area contributed by atoms with Crippen LogP contribution in [0.3, 0.4) is 0 Å². The van der Waals surface area contributed by atoms with Gasteiger partial charge in [-0.15, -0.1) is 0 Å². The molecule has 0 bridgehead atoms. The maximum absolute atomic E-state index is 3.98. The fraction of sp³-hybridized carbons (Fsp3) is 0.900. The molecule has 0 nitrogen and oxygen atoms in total. The molecule has 0 N–H and O–H groups in total. The van der Waals surface area contributed by atoms with Crippen molar-refractivity contribution in [3.05, 3.63) is 6.92 Å². The van der Waals surface area contributed by atoms with E-state index in [9.17, 15) is 0 Å². The first-order valence-corrected chi connectivity index (χ1v) is 4.31. The van der Waals surface area contributed by atoms with E-state index < -0.39 is 0 Å². The second kappa shape index (κ2) is 4.00. The minimum atomic E-state index is 0.534. The van der Waals surface area contributed by atoms with Gasteiger partial charge in [-0.3, -0.25) is 0 Å². The van der Waals surface area contributed by atoms with Crippen LogP contribution in [0.5, 0.6) is 0 Å². The van der Waals surface area contributed by atoms with E-state index in [1.54, 1.807) is 0 Å². The van der Waals surface area contributed by atoms with Crippen LogP contribution in [0.25, 0.3) is 0 Å². The molecule has 0 aliphatic rings. The van der Waals surface area contributed by atoms with Crippen molar-refractivity contribution in [3.63, 3.8) is 0 Å². The molecular weight excluding hydrogens is 120 g/mol. The molecule has 1 radical (unpaired) electrons. The Bertz CT molecular complexity index is 80.0. The molecule has 0 aromatic carbocycles. The zero-order valence-electron chi connectivity index (χ0n) is 7.91. The van der Waals surface area contributed by atoms with E-state index in [2.05, 4.69) is 34.6 Å². The highest BCUT2D eigenvalue weighted by atomic mass is 14.2. The minimum Gasteiger partial charge on any atom is -0.0649 e. The van der Waals surface area contributed by atoms with E-state index in [1.807, 2.05) is 0 Å². The molecule has 0 aromatic rings. The lowest BCUT2D eigenvalue weighted by Gasteiger charge is -2.23. The Morgan fingerprint density at radius 1 is 1.40 bits per heavy atom. The third-order valence-electron chi connectivity index (χ3n) is 2.27. The highest BCUT2D eigenvalue weighted by Crippen LogP contribution is 2.27. The van der Waals surface area contributed by atoms with Crippen molar-refractivity contribution in [2.75, 3.05) is 0 Å². The summed E-state index contributed by atoms with van der Waals surface area (Å²) < 4.78 is 0. The molecule has 61 valence electrons. The quantitative estimate of drug-likeness (QED) is 0.560. The molecule has 0 aliphatic carbocycles. The van der Waals surface area contributed by atoms with E-state index >= 15 is 0 Å². The zero-order chi connectivity index (χ0) is 8.20. The molecule has 10 heavy (non-hydrogen) atoms. The maximum atomic E-state index is 3.98. The largest absolute Gasteiger partial charge is 0.0649 e.